The van der Waals surface area contributed by atoms with Gasteiger partial charge in [0.15, 0.2) is 0 Å². The maximum absolute atomic E-state index is 11.8. The monoisotopic (exact) mass is 442 g/mol. The molecule has 1 heterocycles. The normalized spacial score (nSPS) is 17.2. The van der Waals surface area contributed by atoms with Crippen molar-refractivity contribution in [1.29, 1.82) is 0 Å². The molecule has 1 fully saturated rings. The second-order valence-corrected chi connectivity index (χ2v) is 6.70. The third-order valence-electron chi connectivity index (χ3n) is 4.62. The number of ether oxygens (including phenoxy) is 1. The van der Waals surface area contributed by atoms with Crippen LogP contribution in [0.3, 0.4) is 0 Å². The number of hydrogen-bond donors (Lipinski definition) is 0. The van der Waals surface area contributed by atoms with E-state index in [0.29, 0.717) is 6.61 Å². The summed E-state index contributed by atoms with van der Waals surface area (Å²) in [5.74, 6) is -0.334. The van der Waals surface area contributed by atoms with Crippen LogP contribution in [0.25, 0.3) is 5.43 Å². The van der Waals surface area contributed by atoms with Crippen LogP contribution in [-0.4, -0.2) is 17.6 Å². The number of esters is 1. The Labute approximate surface area is 189 Å². The van der Waals surface area contributed by atoms with Crippen molar-refractivity contribution < 1.29 is 26.6 Å². The molecule has 2 aliphatic rings. The Morgan fingerprint density at radius 1 is 1.17 bits per heavy atom. The van der Waals surface area contributed by atoms with Gasteiger partial charge < -0.3 is 15.2 Å². The Kier molecular flexibility index (Phi) is 9.33. The van der Waals surface area contributed by atoms with Gasteiger partial charge in [-0.2, -0.15) is 18.2 Å². The minimum absolute atomic E-state index is 0. The van der Waals surface area contributed by atoms with Gasteiger partial charge in [0.1, 0.15) is 0 Å². The molecule has 1 aliphatic heterocycles. The van der Waals surface area contributed by atoms with Gasteiger partial charge in [0, 0.05) is 17.8 Å². The SMILES string of the molecule is CCOC(=O)/C=C(/C)N1[N-]C(=C2C=CC=C2)CC1c1ccccc1.[Fe+2].c1cc[cH-]c1. The zero-order chi connectivity index (χ0) is 20.5. The van der Waals surface area contributed by atoms with Crippen LogP contribution < -0.4 is 0 Å². The summed E-state index contributed by atoms with van der Waals surface area (Å²) in [4.78, 5) is 11.8. The molecule has 1 unspecified atom stereocenters. The molecule has 0 radical (unpaired) electrons. The zero-order valence-corrected chi connectivity index (χ0v) is 18.3. The van der Waals surface area contributed by atoms with Gasteiger partial charge in [-0.15, -0.1) is 5.70 Å². The van der Waals surface area contributed by atoms with Crippen LogP contribution in [-0.2, 0) is 26.6 Å². The molecule has 0 N–H and O–H groups in total. The first-order valence-electron chi connectivity index (χ1n) is 9.84. The quantitative estimate of drug-likeness (QED) is 0.254. The van der Waals surface area contributed by atoms with Gasteiger partial charge in [-0.1, -0.05) is 54.6 Å². The van der Waals surface area contributed by atoms with Crippen molar-refractivity contribution in [2.75, 3.05) is 6.61 Å². The Balaban J connectivity index is 0.000000468. The van der Waals surface area contributed by atoms with Crippen LogP contribution in [0, 0.1) is 0 Å². The third-order valence-corrected chi connectivity index (χ3v) is 4.62. The van der Waals surface area contributed by atoms with E-state index in [1.165, 1.54) is 11.6 Å². The van der Waals surface area contributed by atoms with Crippen molar-refractivity contribution in [3.8, 4) is 0 Å². The molecular formula is C25H26FeN2O2. The Bertz CT molecular complexity index is 881. The smallest absolute Gasteiger partial charge is 0.597 e. The number of benzene rings is 1. The van der Waals surface area contributed by atoms with Crippen molar-refractivity contribution in [3.63, 3.8) is 0 Å². The number of rotatable bonds is 4. The summed E-state index contributed by atoms with van der Waals surface area (Å²) in [5.41, 5.74) is 8.90. The summed E-state index contributed by atoms with van der Waals surface area (Å²) in [6, 6.07) is 20.3. The molecule has 1 atom stereocenters. The van der Waals surface area contributed by atoms with Crippen molar-refractivity contribution in [1.82, 2.24) is 5.01 Å². The molecule has 30 heavy (non-hydrogen) atoms. The summed E-state index contributed by atoms with van der Waals surface area (Å²) in [6.45, 7) is 4.06. The molecule has 1 aliphatic carbocycles. The number of hydrogen-bond acceptors (Lipinski definition) is 3. The van der Waals surface area contributed by atoms with Gasteiger partial charge in [0.05, 0.1) is 6.61 Å². The number of allylic oxidation sites excluding steroid dienone is 6. The molecule has 4 rings (SSSR count). The minimum atomic E-state index is -0.334. The first-order chi connectivity index (χ1) is 14.2. The molecular weight excluding hydrogens is 416 g/mol. The number of carbonyl (C=O) groups is 1. The summed E-state index contributed by atoms with van der Waals surface area (Å²) in [6.07, 6.45) is 10.5. The van der Waals surface area contributed by atoms with Crippen LogP contribution in [0.2, 0.25) is 0 Å². The summed E-state index contributed by atoms with van der Waals surface area (Å²) in [5, 5.41) is 1.93. The van der Waals surface area contributed by atoms with E-state index in [4.69, 9.17) is 10.2 Å². The molecule has 0 bridgehead atoms. The van der Waals surface area contributed by atoms with Crippen LogP contribution in [0.15, 0.2) is 108 Å². The Morgan fingerprint density at radius 3 is 2.40 bits per heavy atom. The fraction of sp³-hybridized carbons (Fsp3) is 0.200. The Morgan fingerprint density at radius 2 is 1.83 bits per heavy atom. The summed E-state index contributed by atoms with van der Waals surface area (Å²) < 4.78 is 5.02. The zero-order valence-electron chi connectivity index (χ0n) is 17.2. The van der Waals surface area contributed by atoms with E-state index in [1.807, 2.05) is 72.6 Å². The number of carbonyl (C=O) groups excluding carboxylic acids is 1. The van der Waals surface area contributed by atoms with Crippen molar-refractivity contribution in [3.05, 3.63) is 119 Å². The van der Waals surface area contributed by atoms with E-state index in [1.54, 1.807) is 6.92 Å². The van der Waals surface area contributed by atoms with Crippen molar-refractivity contribution in [2.24, 2.45) is 0 Å². The molecule has 4 nitrogen and oxygen atoms in total. The van der Waals surface area contributed by atoms with Crippen LogP contribution in [0.5, 0.6) is 0 Å². The standard InChI is InChI=1S/C20H21N2O2.C5H5.Fe/c1-3-24-20(23)13-15(2)22-19(17-11-5-4-6-12-17)14-18(21-22)16-9-7-8-10-16;1-2-4-5-3-1;/h4-13,19H,3,14H2,1-2H3;1-5H;/q2*-1;+2/b15-13-;;. The second-order valence-electron chi connectivity index (χ2n) is 6.70. The van der Waals surface area contributed by atoms with E-state index < -0.39 is 0 Å². The topological polar surface area (TPSA) is 43.6 Å². The van der Waals surface area contributed by atoms with Gasteiger partial charge in [-0.05, 0) is 31.4 Å². The van der Waals surface area contributed by atoms with Crippen molar-refractivity contribution >= 4 is 5.97 Å². The van der Waals surface area contributed by atoms with Gasteiger partial charge in [0.2, 0.25) is 0 Å². The van der Waals surface area contributed by atoms with Gasteiger partial charge in [0.25, 0.3) is 0 Å². The molecule has 2 aromatic rings. The summed E-state index contributed by atoms with van der Waals surface area (Å²) in [7, 11) is 0. The van der Waals surface area contributed by atoms with E-state index in [9.17, 15) is 4.79 Å². The molecule has 2 aromatic carbocycles. The third kappa shape index (κ3) is 6.31. The predicted octanol–water partition coefficient (Wildman–Crippen LogP) is 5.97. The molecule has 5 heteroatoms. The first kappa shape index (κ1) is 23.4. The van der Waals surface area contributed by atoms with Crippen LogP contribution in [0.4, 0.5) is 0 Å². The fourth-order valence-corrected chi connectivity index (χ4v) is 3.25. The predicted molar refractivity (Wildman–Crippen MR) is 117 cm³/mol. The minimum Gasteiger partial charge on any atom is -0.597 e. The molecule has 0 saturated carbocycles. The van der Waals surface area contributed by atoms with Gasteiger partial charge in [-0.25, -0.2) is 16.9 Å². The molecule has 0 amide bonds. The van der Waals surface area contributed by atoms with E-state index in [0.717, 1.165) is 23.4 Å². The molecule has 156 valence electrons. The maximum atomic E-state index is 11.8. The van der Waals surface area contributed by atoms with E-state index in [2.05, 4.69) is 24.3 Å². The fourth-order valence-electron chi connectivity index (χ4n) is 3.25. The second kappa shape index (κ2) is 12.0. The average Bonchev–Trinajstić information content (AvgIpc) is 3.52. The van der Waals surface area contributed by atoms with Gasteiger partial charge >= 0.3 is 23.0 Å². The molecule has 0 spiro atoms. The summed E-state index contributed by atoms with van der Waals surface area (Å²) >= 11 is 0. The van der Waals surface area contributed by atoms with Crippen LogP contribution >= 0.6 is 0 Å². The van der Waals surface area contributed by atoms with E-state index in [-0.39, 0.29) is 29.1 Å². The van der Waals surface area contributed by atoms with Crippen LogP contribution in [0.1, 0.15) is 31.9 Å². The molecule has 0 aromatic heterocycles. The number of nitrogens with zero attached hydrogens (tertiary/aromatic N) is 2. The first-order valence-corrected chi connectivity index (χ1v) is 9.84. The average molecular weight is 442 g/mol. The molecule has 1 saturated heterocycles. The van der Waals surface area contributed by atoms with E-state index >= 15 is 0 Å². The van der Waals surface area contributed by atoms with Crippen molar-refractivity contribution in [2.45, 2.75) is 26.3 Å². The Hall–Kier alpha value is -2.88. The maximum Gasteiger partial charge on any atom is 2.00 e. The largest absolute Gasteiger partial charge is 2.00 e. The van der Waals surface area contributed by atoms with Gasteiger partial charge in [-0.3, -0.25) is 0 Å².